The van der Waals surface area contributed by atoms with E-state index >= 15 is 0 Å². The average Bonchev–Trinajstić information content (AvgIpc) is 2.55. The van der Waals surface area contributed by atoms with E-state index in [1.165, 1.54) is 24.3 Å². The smallest absolute Gasteiger partial charge is 0.261 e. The third-order valence-corrected chi connectivity index (χ3v) is 5.16. The highest BCUT2D eigenvalue weighted by Gasteiger charge is 2.19. The molecule has 0 bridgehead atoms. The van der Waals surface area contributed by atoms with Crippen LogP contribution < -0.4 is 10.0 Å². The highest BCUT2D eigenvalue weighted by molar-refractivity contribution is 7.92. The molecule has 0 aliphatic carbocycles. The first-order valence-electron chi connectivity index (χ1n) is 7.51. The summed E-state index contributed by atoms with van der Waals surface area (Å²) in [5, 5.41) is 3.27. The summed E-state index contributed by atoms with van der Waals surface area (Å²) in [6, 6.07) is 12.3. The zero-order valence-corrected chi connectivity index (χ0v) is 15.0. The Labute approximate surface area is 147 Å². The summed E-state index contributed by atoms with van der Waals surface area (Å²) in [6.07, 6.45) is 0.782. The van der Waals surface area contributed by atoms with Crippen molar-refractivity contribution in [2.75, 3.05) is 4.72 Å². The number of carbonyl (C=O) groups is 1. The Morgan fingerprint density at radius 2 is 1.75 bits per heavy atom. The van der Waals surface area contributed by atoms with E-state index < -0.39 is 10.0 Å². The third-order valence-electron chi connectivity index (χ3n) is 3.53. The molecular weight excluding hydrogens is 348 g/mol. The minimum atomic E-state index is -3.81. The molecule has 1 amide bonds. The number of anilines is 1. The van der Waals surface area contributed by atoms with Crippen LogP contribution in [0.1, 0.15) is 30.6 Å². The summed E-state index contributed by atoms with van der Waals surface area (Å²) < 4.78 is 27.4. The Kier molecular flexibility index (Phi) is 5.85. The van der Waals surface area contributed by atoms with Crippen molar-refractivity contribution in [1.82, 2.24) is 5.32 Å². The molecule has 0 aromatic heterocycles. The van der Waals surface area contributed by atoms with Crippen LogP contribution >= 0.6 is 11.6 Å². The molecule has 2 rings (SSSR count). The Balaban J connectivity index is 2.30. The highest BCUT2D eigenvalue weighted by Crippen LogP contribution is 2.21. The van der Waals surface area contributed by atoms with Crippen molar-refractivity contribution in [3.05, 3.63) is 59.1 Å². The molecule has 0 saturated heterocycles. The molecule has 5 nitrogen and oxygen atoms in total. The second kappa shape index (κ2) is 7.68. The maximum absolute atomic E-state index is 12.5. The van der Waals surface area contributed by atoms with Gasteiger partial charge in [0.25, 0.3) is 15.9 Å². The van der Waals surface area contributed by atoms with Crippen LogP contribution in [-0.2, 0) is 10.0 Å². The van der Waals surface area contributed by atoms with Gasteiger partial charge in [-0.25, -0.2) is 8.42 Å². The Morgan fingerprint density at radius 3 is 2.38 bits per heavy atom. The van der Waals surface area contributed by atoms with Gasteiger partial charge in [0, 0.05) is 11.1 Å². The summed E-state index contributed by atoms with van der Waals surface area (Å²) in [4.78, 5) is 12.4. The fourth-order valence-electron chi connectivity index (χ4n) is 1.99. The van der Waals surface area contributed by atoms with Gasteiger partial charge in [0.2, 0.25) is 0 Å². The molecule has 2 N–H and O–H groups in total. The second-order valence-corrected chi connectivity index (χ2v) is 7.51. The van der Waals surface area contributed by atoms with Gasteiger partial charge in [-0.05, 0) is 49.7 Å². The molecule has 0 heterocycles. The van der Waals surface area contributed by atoms with E-state index in [-0.39, 0.29) is 28.1 Å². The van der Waals surface area contributed by atoms with Gasteiger partial charge < -0.3 is 5.32 Å². The molecule has 0 fully saturated rings. The predicted molar refractivity (Wildman–Crippen MR) is 95.9 cm³/mol. The van der Waals surface area contributed by atoms with Crippen LogP contribution in [0.25, 0.3) is 0 Å². The highest BCUT2D eigenvalue weighted by atomic mass is 35.5. The topological polar surface area (TPSA) is 75.3 Å². The van der Waals surface area contributed by atoms with Crippen LogP contribution in [0.4, 0.5) is 5.69 Å². The van der Waals surface area contributed by atoms with Crippen LogP contribution in [0.2, 0.25) is 5.02 Å². The summed E-state index contributed by atoms with van der Waals surface area (Å²) in [5.41, 5.74) is 0.503. The van der Waals surface area contributed by atoms with E-state index in [1.807, 2.05) is 13.8 Å². The number of sulfonamides is 1. The molecule has 2 aromatic rings. The standard InChI is InChI=1S/C17H19ClN2O3S/c1-3-12(2)19-17(21)15-6-4-5-7-16(15)20-24(22,23)14-10-8-13(18)9-11-14/h4-12,20H,3H2,1-2H3,(H,19,21)/t12-/m0/s1. The number of nitrogens with one attached hydrogen (secondary N) is 2. The summed E-state index contributed by atoms with van der Waals surface area (Å²) in [7, 11) is -3.81. The van der Waals surface area contributed by atoms with Crippen molar-refractivity contribution >= 4 is 33.2 Å². The lowest BCUT2D eigenvalue weighted by Crippen LogP contribution is -2.32. The number of halogens is 1. The average molecular weight is 367 g/mol. The number of rotatable bonds is 6. The van der Waals surface area contributed by atoms with Crippen molar-refractivity contribution in [3.63, 3.8) is 0 Å². The molecule has 0 aliphatic rings. The first-order valence-corrected chi connectivity index (χ1v) is 9.38. The van der Waals surface area contributed by atoms with E-state index in [0.29, 0.717) is 5.02 Å². The van der Waals surface area contributed by atoms with Crippen molar-refractivity contribution < 1.29 is 13.2 Å². The van der Waals surface area contributed by atoms with Crippen molar-refractivity contribution in [2.24, 2.45) is 0 Å². The molecule has 24 heavy (non-hydrogen) atoms. The van der Waals surface area contributed by atoms with E-state index in [2.05, 4.69) is 10.0 Å². The molecule has 1 atom stereocenters. The van der Waals surface area contributed by atoms with Gasteiger partial charge in [-0.1, -0.05) is 30.7 Å². The predicted octanol–water partition coefficient (Wildman–Crippen LogP) is 3.67. The molecule has 0 unspecified atom stereocenters. The summed E-state index contributed by atoms with van der Waals surface area (Å²) >= 11 is 5.78. The Bertz CT molecular complexity index is 820. The second-order valence-electron chi connectivity index (χ2n) is 5.39. The van der Waals surface area contributed by atoms with Crippen LogP contribution in [0.3, 0.4) is 0 Å². The zero-order valence-electron chi connectivity index (χ0n) is 13.4. The van der Waals surface area contributed by atoms with Crippen LogP contribution in [0, 0.1) is 0 Å². The lowest BCUT2D eigenvalue weighted by Gasteiger charge is -2.15. The SMILES string of the molecule is CC[C@H](C)NC(=O)c1ccccc1NS(=O)(=O)c1ccc(Cl)cc1. The zero-order chi connectivity index (χ0) is 17.7. The van der Waals surface area contributed by atoms with Gasteiger partial charge in [-0.2, -0.15) is 0 Å². The van der Waals surface area contributed by atoms with Gasteiger partial charge in [-0.3, -0.25) is 9.52 Å². The molecule has 2 aromatic carbocycles. The van der Waals surface area contributed by atoms with Crippen molar-refractivity contribution in [2.45, 2.75) is 31.2 Å². The number of hydrogen-bond acceptors (Lipinski definition) is 3. The maximum Gasteiger partial charge on any atom is 0.261 e. The van der Waals surface area contributed by atoms with Crippen LogP contribution in [0.5, 0.6) is 0 Å². The molecule has 7 heteroatoms. The number of hydrogen-bond donors (Lipinski definition) is 2. The molecule has 0 spiro atoms. The first-order chi connectivity index (χ1) is 11.3. The van der Waals surface area contributed by atoms with Crippen LogP contribution in [-0.4, -0.2) is 20.4 Å². The monoisotopic (exact) mass is 366 g/mol. The fourth-order valence-corrected chi connectivity index (χ4v) is 3.20. The molecular formula is C17H19ClN2O3S. The Morgan fingerprint density at radius 1 is 1.12 bits per heavy atom. The third kappa shape index (κ3) is 4.49. The minimum absolute atomic E-state index is 0.00146. The van der Waals surface area contributed by atoms with Crippen molar-refractivity contribution in [1.29, 1.82) is 0 Å². The number of amides is 1. The summed E-state index contributed by atoms with van der Waals surface area (Å²) in [5.74, 6) is -0.321. The van der Waals surface area contributed by atoms with Gasteiger partial charge in [0.05, 0.1) is 16.1 Å². The fraction of sp³-hybridized carbons (Fsp3) is 0.235. The molecule has 0 saturated carbocycles. The van der Waals surface area contributed by atoms with E-state index in [1.54, 1.807) is 24.3 Å². The van der Waals surface area contributed by atoms with E-state index in [9.17, 15) is 13.2 Å². The minimum Gasteiger partial charge on any atom is -0.350 e. The van der Waals surface area contributed by atoms with Gasteiger partial charge >= 0.3 is 0 Å². The van der Waals surface area contributed by atoms with E-state index in [4.69, 9.17) is 11.6 Å². The number of carbonyl (C=O) groups excluding carboxylic acids is 1. The van der Waals surface area contributed by atoms with Gasteiger partial charge in [0.15, 0.2) is 0 Å². The number of para-hydroxylation sites is 1. The van der Waals surface area contributed by atoms with Gasteiger partial charge in [0.1, 0.15) is 0 Å². The first kappa shape index (κ1) is 18.3. The van der Waals surface area contributed by atoms with Crippen LogP contribution in [0.15, 0.2) is 53.4 Å². The largest absolute Gasteiger partial charge is 0.350 e. The molecule has 0 radical (unpaired) electrons. The summed E-state index contributed by atoms with van der Waals surface area (Å²) in [6.45, 7) is 3.85. The van der Waals surface area contributed by atoms with E-state index in [0.717, 1.165) is 6.42 Å². The Hall–Kier alpha value is -2.05. The quantitative estimate of drug-likeness (QED) is 0.819. The maximum atomic E-state index is 12.5. The molecule has 128 valence electrons. The normalized spacial score (nSPS) is 12.5. The lowest BCUT2D eigenvalue weighted by molar-refractivity contribution is 0.0940. The molecule has 0 aliphatic heterocycles. The van der Waals surface area contributed by atoms with Gasteiger partial charge in [-0.15, -0.1) is 0 Å². The number of benzene rings is 2. The van der Waals surface area contributed by atoms with Crippen molar-refractivity contribution in [3.8, 4) is 0 Å². The lowest BCUT2D eigenvalue weighted by atomic mass is 10.1.